The van der Waals surface area contributed by atoms with Crippen molar-refractivity contribution in [2.45, 2.75) is 39.3 Å². The summed E-state index contributed by atoms with van der Waals surface area (Å²) in [5.74, 6) is -1.36. The summed E-state index contributed by atoms with van der Waals surface area (Å²) >= 11 is 0. The van der Waals surface area contributed by atoms with Crippen LogP contribution in [0.2, 0.25) is 0 Å². The molecule has 2 nitrogen and oxygen atoms in total. The molecule has 0 saturated carbocycles. The standard InChI is InChI=1S/C15H23F2NO/c1-10(2)11(3)18(4)9-8-14(19)12-6-5-7-13(16)15(12)17/h5-7,10-11,14,19H,8-9H2,1-4H3. The summed E-state index contributed by atoms with van der Waals surface area (Å²) in [7, 11) is 1.97. The predicted octanol–water partition coefficient (Wildman–Crippen LogP) is 3.36. The van der Waals surface area contributed by atoms with E-state index in [0.717, 1.165) is 6.07 Å². The lowest BCUT2D eigenvalue weighted by atomic mass is 10.0. The van der Waals surface area contributed by atoms with Gasteiger partial charge in [0.25, 0.3) is 0 Å². The van der Waals surface area contributed by atoms with Gasteiger partial charge in [0.2, 0.25) is 0 Å². The largest absolute Gasteiger partial charge is 0.388 e. The van der Waals surface area contributed by atoms with Gasteiger partial charge in [-0.1, -0.05) is 26.0 Å². The Labute approximate surface area is 114 Å². The van der Waals surface area contributed by atoms with Crippen LogP contribution in [0.15, 0.2) is 18.2 Å². The lowest BCUT2D eigenvalue weighted by molar-refractivity contribution is 0.125. The Balaban J connectivity index is 2.61. The number of hydrogen-bond donors (Lipinski definition) is 1. The molecule has 2 atom stereocenters. The minimum Gasteiger partial charge on any atom is -0.388 e. The molecule has 1 aromatic rings. The monoisotopic (exact) mass is 271 g/mol. The normalized spacial score (nSPS) is 15.0. The first kappa shape index (κ1) is 16.1. The van der Waals surface area contributed by atoms with E-state index in [0.29, 0.717) is 24.9 Å². The van der Waals surface area contributed by atoms with Crippen LogP contribution in [0.5, 0.6) is 0 Å². The summed E-state index contributed by atoms with van der Waals surface area (Å²) in [5, 5.41) is 9.96. The van der Waals surface area contributed by atoms with Gasteiger partial charge in [-0.2, -0.15) is 0 Å². The molecule has 0 fully saturated rings. The number of halogens is 2. The van der Waals surface area contributed by atoms with Crippen molar-refractivity contribution in [1.29, 1.82) is 0 Å². The third-order valence-electron chi connectivity index (χ3n) is 3.76. The quantitative estimate of drug-likeness (QED) is 0.857. The number of aliphatic hydroxyl groups excluding tert-OH is 1. The molecule has 0 aliphatic heterocycles. The van der Waals surface area contributed by atoms with Crippen molar-refractivity contribution in [3.63, 3.8) is 0 Å². The topological polar surface area (TPSA) is 23.5 Å². The van der Waals surface area contributed by atoms with Crippen molar-refractivity contribution in [2.24, 2.45) is 5.92 Å². The van der Waals surface area contributed by atoms with Crippen LogP contribution >= 0.6 is 0 Å². The van der Waals surface area contributed by atoms with E-state index in [-0.39, 0.29) is 5.56 Å². The first-order valence-electron chi connectivity index (χ1n) is 6.66. The van der Waals surface area contributed by atoms with Crippen LogP contribution in [-0.2, 0) is 0 Å². The van der Waals surface area contributed by atoms with Crippen molar-refractivity contribution in [3.05, 3.63) is 35.4 Å². The van der Waals surface area contributed by atoms with Crippen molar-refractivity contribution >= 4 is 0 Å². The molecule has 1 aromatic carbocycles. The van der Waals surface area contributed by atoms with Crippen LogP contribution in [0, 0.1) is 17.6 Å². The van der Waals surface area contributed by atoms with Gasteiger partial charge in [-0.25, -0.2) is 8.78 Å². The molecule has 0 aromatic heterocycles. The zero-order valence-corrected chi connectivity index (χ0v) is 12.0. The fourth-order valence-electron chi connectivity index (χ4n) is 1.97. The molecule has 1 N–H and O–H groups in total. The molecule has 0 aliphatic rings. The van der Waals surface area contributed by atoms with Crippen molar-refractivity contribution in [2.75, 3.05) is 13.6 Å². The third kappa shape index (κ3) is 4.25. The maximum Gasteiger partial charge on any atom is 0.164 e. The molecule has 0 saturated heterocycles. The van der Waals surface area contributed by atoms with Crippen LogP contribution < -0.4 is 0 Å². The molecule has 0 heterocycles. The molecule has 0 bridgehead atoms. The fraction of sp³-hybridized carbons (Fsp3) is 0.600. The average molecular weight is 271 g/mol. The second-order valence-electron chi connectivity index (χ2n) is 5.41. The lowest BCUT2D eigenvalue weighted by Gasteiger charge is -2.28. The van der Waals surface area contributed by atoms with Gasteiger partial charge in [0.15, 0.2) is 11.6 Å². The molecule has 108 valence electrons. The predicted molar refractivity (Wildman–Crippen MR) is 72.9 cm³/mol. The smallest absolute Gasteiger partial charge is 0.164 e. The summed E-state index contributed by atoms with van der Waals surface area (Å²) in [5.41, 5.74) is 0.0330. The Morgan fingerprint density at radius 2 is 1.84 bits per heavy atom. The van der Waals surface area contributed by atoms with Crippen LogP contribution in [0.25, 0.3) is 0 Å². The highest BCUT2D eigenvalue weighted by atomic mass is 19.2. The van der Waals surface area contributed by atoms with Crippen LogP contribution in [0.4, 0.5) is 8.78 Å². The van der Waals surface area contributed by atoms with Gasteiger partial charge in [-0.05, 0) is 32.4 Å². The van der Waals surface area contributed by atoms with E-state index in [2.05, 4.69) is 25.7 Å². The van der Waals surface area contributed by atoms with E-state index in [9.17, 15) is 13.9 Å². The summed E-state index contributed by atoms with van der Waals surface area (Å²) in [6, 6.07) is 4.27. The Morgan fingerprint density at radius 3 is 2.42 bits per heavy atom. The van der Waals surface area contributed by atoms with E-state index in [1.54, 1.807) is 0 Å². The molecular weight excluding hydrogens is 248 g/mol. The fourth-order valence-corrected chi connectivity index (χ4v) is 1.97. The van der Waals surface area contributed by atoms with Gasteiger partial charge in [0.1, 0.15) is 0 Å². The summed E-state index contributed by atoms with van der Waals surface area (Å²) in [4.78, 5) is 2.12. The Bertz CT molecular complexity index is 409. The number of aliphatic hydroxyl groups is 1. The van der Waals surface area contributed by atoms with Gasteiger partial charge in [0.05, 0.1) is 6.10 Å². The van der Waals surface area contributed by atoms with Gasteiger partial charge in [-0.3, -0.25) is 0 Å². The number of benzene rings is 1. The van der Waals surface area contributed by atoms with Gasteiger partial charge in [0, 0.05) is 18.2 Å². The van der Waals surface area contributed by atoms with E-state index >= 15 is 0 Å². The second-order valence-corrected chi connectivity index (χ2v) is 5.41. The Hall–Kier alpha value is -1.00. The first-order valence-corrected chi connectivity index (χ1v) is 6.66. The number of nitrogens with zero attached hydrogens (tertiary/aromatic N) is 1. The highest BCUT2D eigenvalue weighted by molar-refractivity contribution is 5.21. The molecule has 0 radical (unpaired) electrons. The molecule has 1 rings (SSSR count). The summed E-state index contributed by atoms with van der Waals surface area (Å²) in [6.45, 7) is 7.00. The second kappa shape index (κ2) is 6.96. The van der Waals surface area contributed by atoms with Crippen LogP contribution in [0.1, 0.15) is 38.9 Å². The highest BCUT2D eigenvalue weighted by Gasteiger charge is 2.18. The van der Waals surface area contributed by atoms with Crippen LogP contribution in [-0.4, -0.2) is 29.6 Å². The molecule has 0 aliphatic carbocycles. The summed E-state index contributed by atoms with van der Waals surface area (Å²) in [6.07, 6.45) is -0.592. The van der Waals surface area contributed by atoms with Gasteiger partial charge in [-0.15, -0.1) is 0 Å². The minimum absolute atomic E-state index is 0.0330. The van der Waals surface area contributed by atoms with Gasteiger partial charge < -0.3 is 10.0 Å². The van der Waals surface area contributed by atoms with Crippen molar-refractivity contribution in [1.82, 2.24) is 4.90 Å². The number of hydrogen-bond acceptors (Lipinski definition) is 2. The summed E-state index contributed by atoms with van der Waals surface area (Å²) < 4.78 is 26.6. The molecular formula is C15H23F2NO. The van der Waals surface area contributed by atoms with Crippen LogP contribution in [0.3, 0.4) is 0 Å². The third-order valence-corrected chi connectivity index (χ3v) is 3.76. The molecule has 4 heteroatoms. The first-order chi connectivity index (χ1) is 8.84. The Morgan fingerprint density at radius 1 is 1.21 bits per heavy atom. The molecule has 0 amide bonds. The van der Waals surface area contributed by atoms with Gasteiger partial charge >= 0.3 is 0 Å². The zero-order valence-electron chi connectivity index (χ0n) is 12.0. The minimum atomic E-state index is -0.975. The van der Waals surface area contributed by atoms with E-state index in [1.807, 2.05) is 7.05 Å². The zero-order chi connectivity index (χ0) is 14.6. The molecule has 2 unspecified atom stereocenters. The van der Waals surface area contributed by atoms with E-state index in [4.69, 9.17) is 0 Å². The maximum absolute atomic E-state index is 13.5. The highest BCUT2D eigenvalue weighted by Crippen LogP contribution is 2.22. The SMILES string of the molecule is CC(C)C(C)N(C)CCC(O)c1cccc(F)c1F. The van der Waals surface area contributed by atoms with E-state index in [1.165, 1.54) is 12.1 Å². The Kier molecular flexibility index (Phi) is 5.88. The van der Waals surface area contributed by atoms with E-state index < -0.39 is 17.7 Å². The maximum atomic E-state index is 13.5. The molecule has 0 spiro atoms. The molecule has 19 heavy (non-hydrogen) atoms. The van der Waals surface area contributed by atoms with Crippen molar-refractivity contribution in [3.8, 4) is 0 Å². The lowest BCUT2D eigenvalue weighted by Crippen LogP contribution is -2.34. The number of rotatable bonds is 6. The van der Waals surface area contributed by atoms with Crippen molar-refractivity contribution < 1.29 is 13.9 Å². The average Bonchev–Trinajstić information content (AvgIpc) is 2.37.